The number of nitrogens with one attached hydrogen (secondary N) is 1. The fourth-order valence-electron chi connectivity index (χ4n) is 5.63. The molecule has 3 heterocycles. The Balaban J connectivity index is 0.000000230. The second-order valence-corrected chi connectivity index (χ2v) is 17.4. The fourth-order valence-corrected chi connectivity index (χ4v) is 8.48. The molecular formula is C33H44Cl2N6O6S2. The maximum atomic E-state index is 12.3. The highest BCUT2D eigenvalue weighted by Gasteiger charge is 2.27. The van der Waals surface area contributed by atoms with E-state index in [9.17, 15) is 21.9 Å². The summed E-state index contributed by atoms with van der Waals surface area (Å²) in [5.74, 6) is 0. The van der Waals surface area contributed by atoms with E-state index in [1.54, 1.807) is 24.3 Å². The number of nitrogens with zero attached hydrogens (tertiary/aromatic N) is 5. The summed E-state index contributed by atoms with van der Waals surface area (Å²) in [5, 5.41) is 23.0. The molecular weight excluding hydrogens is 711 g/mol. The molecule has 2 atom stereocenters. The molecule has 2 aromatic carbocycles. The van der Waals surface area contributed by atoms with E-state index in [2.05, 4.69) is 15.3 Å². The Labute approximate surface area is 299 Å². The molecule has 5 rings (SSSR count). The average Bonchev–Trinajstić information content (AvgIpc) is 3.52. The van der Waals surface area contributed by atoms with E-state index in [0.29, 0.717) is 29.8 Å². The van der Waals surface area contributed by atoms with E-state index in [4.69, 9.17) is 27.9 Å². The zero-order valence-corrected chi connectivity index (χ0v) is 32.1. The lowest BCUT2D eigenvalue weighted by Crippen LogP contribution is -2.22. The number of sulfonamides is 2. The molecule has 12 nitrogen and oxygen atoms in total. The molecule has 268 valence electrons. The summed E-state index contributed by atoms with van der Waals surface area (Å²) in [6.07, 6.45) is 2.59. The Bertz CT molecular complexity index is 2000. The van der Waals surface area contributed by atoms with Crippen molar-refractivity contribution < 1.29 is 26.7 Å². The number of aliphatic hydroxyl groups is 1. The number of aromatic amines is 1. The van der Waals surface area contributed by atoms with Crippen LogP contribution in [-0.2, 0) is 31.2 Å². The molecule has 49 heavy (non-hydrogen) atoms. The van der Waals surface area contributed by atoms with Crippen LogP contribution in [0.3, 0.4) is 0 Å². The maximum absolute atomic E-state index is 12.3. The quantitative estimate of drug-likeness (QED) is 0.221. The van der Waals surface area contributed by atoms with Crippen molar-refractivity contribution in [3.63, 3.8) is 0 Å². The van der Waals surface area contributed by atoms with Crippen molar-refractivity contribution in [3.05, 3.63) is 91.5 Å². The number of aromatic nitrogens is 4. The standard InChI is InChI=1S/C19H26ClN3O4S.C14H18ClN3O2S/c1-12-18(13(2)23(21-12)17-7-5-6-10-27-17)19(24)14-8-9-16(15(20)11-14)28(25,26)22(3)4;1-9-12(10(2)17-16-9)7-11-5-6-14(13(15)8-11)21(19,20)18(3)4/h8-9,11,17,19,24H,5-7,10H2,1-4H3;5-6,8H,7H2,1-4H3,(H,16,17). The van der Waals surface area contributed by atoms with Crippen LogP contribution < -0.4 is 0 Å². The van der Waals surface area contributed by atoms with Gasteiger partial charge in [-0.05, 0) is 82.3 Å². The topological polar surface area (TPSA) is 151 Å². The molecule has 0 spiro atoms. The van der Waals surface area contributed by atoms with Gasteiger partial charge in [-0.15, -0.1) is 0 Å². The van der Waals surface area contributed by atoms with Gasteiger partial charge in [0, 0.05) is 63.7 Å². The molecule has 4 aromatic rings. The van der Waals surface area contributed by atoms with Crippen molar-refractivity contribution >= 4 is 43.2 Å². The van der Waals surface area contributed by atoms with Crippen molar-refractivity contribution in [3.8, 4) is 0 Å². The normalized spacial score (nSPS) is 16.1. The number of H-pyrrole nitrogens is 1. The van der Waals surface area contributed by atoms with Gasteiger partial charge in [0.05, 0.1) is 21.4 Å². The third-order valence-electron chi connectivity index (χ3n) is 8.53. The molecule has 1 aliphatic rings. The summed E-state index contributed by atoms with van der Waals surface area (Å²) in [4.78, 5) is 0.133. The Morgan fingerprint density at radius 1 is 0.918 bits per heavy atom. The third-order valence-corrected chi connectivity index (χ3v) is 13.1. The van der Waals surface area contributed by atoms with Crippen LogP contribution in [0.4, 0.5) is 0 Å². The Kier molecular flexibility index (Phi) is 12.4. The zero-order valence-electron chi connectivity index (χ0n) is 29.0. The van der Waals surface area contributed by atoms with E-state index in [-0.39, 0.29) is 26.1 Å². The highest BCUT2D eigenvalue weighted by Crippen LogP contribution is 2.34. The molecule has 1 fully saturated rings. The van der Waals surface area contributed by atoms with Crippen LogP contribution in [0.25, 0.3) is 0 Å². The monoisotopic (exact) mass is 754 g/mol. The first-order valence-electron chi connectivity index (χ1n) is 15.7. The first-order valence-corrected chi connectivity index (χ1v) is 19.3. The van der Waals surface area contributed by atoms with Crippen LogP contribution in [0.1, 0.15) is 76.6 Å². The Morgan fingerprint density at radius 3 is 2.00 bits per heavy atom. The first-order chi connectivity index (χ1) is 22.9. The second kappa shape index (κ2) is 15.6. The number of halogens is 2. The number of ether oxygens (including phenoxy) is 1. The lowest BCUT2D eigenvalue weighted by atomic mass is 10.00. The lowest BCUT2D eigenvalue weighted by molar-refractivity contribution is -0.0409. The molecule has 2 N–H and O–H groups in total. The molecule has 0 saturated carbocycles. The van der Waals surface area contributed by atoms with Gasteiger partial charge in [-0.3, -0.25) is 5.10 Å². The van der Waals surface area contributed by atoms with Gasteiger partial charge < -0.3 is 9.84 Å². The molecule has 2 aromatic heterocycles. The van der Waals surface area contributed by atoms with Crippen molar-refractivity contribution in [1.82, 2.24) is 28.6 Å². The van der Waals surface area contributed by atoms with Gasteiger partial charge in [0.2, 0.25) is 20.0 Å². The minimum absolute atomic E-state index is 0.00913. The SMILES string of the molecule is Cc1n[nH]c(C)c1Cc1ccc(S(=O)(=O)N(C)C)c(Cl)c1.Cc1nn(C2CCCCO2)c(C)c1C(O)c1ccc(S(=O)(=O)N(C)C)c(Cl)c1. The number of hydrogen-bond acceptors (Lipinski definition) is 8. The van der Waals surface area contributed by atoms with E-state index in [0.717, 1.165) is 56.1 Å². The highest BCUT2D eigenvalue weighted by molar-refractivity contribution is 7.89. The average molecular weight is 756 g/mol. The van der Waals surface area contributed by atoms with Crippen molar-refractivity contribution in [2.75, 3.05) is 34.8 Å². The van der Waals surface area contributed by atoms with Crippen LogP contribution in [0, 0.1) is 27.7 Å². The molecule has 0 radical (unpaired) electrons. The number of aryl methyl sites for hydroxylation is 3. The lowest BCUT2D eigenvalue weighted by Gasteiger charge is -2.24. The third kappa shape index (κ3) is 8.39. The summed E-state index contributed by atoms with van der Waals surface area (Å²) < 4.78 is 58.8. The minimum Gasteiger partial charge on any atom is -0.384 e. The molecule has 0 amide bonds. The smallest absolute Gasteiger partial charge is 0.244 e. The van der Waals surface area contributed by atoms with E-state index in [1.807, 2.05) is 32.4 Å². The van der Waals surface area contributed by atoms with Crippen molar-refractivity contribution in [2.45, 2.75) is 75.5 Å². The van der Waals surface area contributed by atoms with Gasteiger partial charge >= 0.3 is 0 Å². The van der Waals surface area contributed by atoms with Gasteiger partial charge in [-0.25, -0.2) is 30.1 Å². The minimum atomic E-state index is -3.65. The summed E-state index contributed by atoms with van der Waals surface area (Å²) in [5.41, 5.74) is 6.74. The zero-order chi connectivity index (χ0) is 36.4. The molecule has 2 unspecified atom stereocenters. The molecule has 16 heteroatoms. The van der Waals surface area contributed by atoms with E-state index < -0.39 is 26.2 Å². The Hall–Kier alpha value is -2.82. The van der Waals surface area contributed by atoms with Crippen LogP contribution in [0.2, 0.25) is 10.0 Å². The predicted molar refractivity (Wildman–Crippen MR) is 190 cm³/mol. The second-order valence-electron chi connectivity index (χ2n) is 12.4. The van der Waals surface area contributed by atoms with Gasteiger partial charge in [0.25, 0.3) is 0 Å². The molecule has 1 aliphatic heterocycles. The maximum Gasteiger partial charge on any atom is 0.244 e. The number of aliphatic hydroxyl groups excluding tert-OH is 1. The first kappa shape index (κ1) is 39.0. The molecule has 0 bridgehead atoms. The van der Waals surface area contributed by atoms with E-state index in [1.165, 1.54) is 40.3 Å². The number of rotatable bonds is 9. The summed E-state index contributed by atoms with van der Waals surface area (Å²) >= 11 is 12.4. The van der Waals surface area contributed by atoms with Gasteiger partial charge in [-0.2, -0.15) is 10.2 Å². The van der Waals surface area contributed by atoms with Gasteiger partial charge in [-0.1, -0.05) is 35.3 Å². The molecule has 1 saturated heterocycles. The Morgan fingerprint density at radius 2 is 1.51 bits per heavy atom. The fraction of sp³-hybridized carbons (Fsp3) is 0.455. The molecule has 0 aliphatic carbocycles. The number of hydrogen-bond donors (Lipinski definition) is 2. The van der Waals surface area contributed by atoms with Crippen molar-refractivity contribution in [1.29, 1.82) is 0 Å². The largest absolute Gasteiger partial charge is 0.384 e. The van der Waals surface area contributed by atoms with Crippen LogP contribution in [-0.4, -0.2) is 85.3 Å². The summed E-state index contributed by atoms with van der Waals surface area (Å²) in [6, 6.07) is 9.54. The summed E-state index contributed by atoms with van der Waals surface area (Å²) in [6.45, 7) is 8.35. The predicted octanol–water partition coefficient (Wildman–Crippen LogP) is 5.71. The van der Waals surface area contributed by atoms with Crippen molar-refractivity contribution in [2.24, 2.45) is 0 Å². The van der Waals surface area contributed by atoms with Gasteiger partial charge in [0.15, 0.2) is 0 Å². The highest BCUT2D eigenvalue weighted by atomic mass is 35.5. The van der Waals surface area contributed by atoms with Gasteiger partial charge in [0.1, 0.15) is 22.1 Å². The van der Waals surface area contributed by atoms with Crippen LogP contribution in [0.5, 0.6) is 0 Å². The number of benzene rings is 2. The van der Waals surface area contributed by atoms with Crippen LogP contribution >= 0.6 is 23.2 Å². The van der Waals surface area contributed by atoms with E-state index >= 15 is 0 Å². The van der Waals surface area contributed by atoms with Crippen LogP contribution in [0.15, 0.2) is 46.2 Å². The summed E-state index contributed by atoms with van der Waals surface area (Å²) in [7, 11) is -1.31.